The fraction of sp³-hybridized carbons (Fsp3) is 0.385. The molecule has 19 heavy (non-hydrogen) atoms. The molecule has 0 N–H and O–H groups in total. The molecule has 1 atom stereocenters. The summed E-state index contributed by atoms with van der Waals surface area (Å²) >= 11 is 8.12. The van der Waals surface area contributed by atoms with Gasteiger partial charge in [0.05, 0.1) is 12.1 Å². The molecule has 0 aromatic heterocycles. The van der Waals surface area contributed by atoms with Crippen molar-refractivity contribution in [1.82, 2.24) is 4.90 Å². The van der Waals surface area contributed by atoms with Gasteiger partial charge in [0.2, 0.25) is 0 Å². The average Bonchev–Trinajstić information content (AvgIpc) is 2.89. The predicted octanol–water partition coefficient (Wildman–Crippen LogP) is 2.72. The summed E-state index contributed by atoms with van der Waals surface area (Å²) in [6.45, 7) is 0.572. The molecule has 0 saturated carbocycles. The molecule has 0 radical (unpaired) electrons. The standard InChI is InChI=1S/C13H13ClINO3/c1-19-13(18)11-3-2-6-16(11)12(17)8-4-5-10(15)9(14)7-8/h4-5,7,11H,2-3,6H2,1H3. The minimum absolute atomic E-state index is 0.175. The van der Waals surface area contributed by atoms with Crippen molar-refractivity contribution in [3.05, 3.63) is 32.4 Å². The number of esters is 1. The van der Waals surface area contributed by atoms with Crippen molar-refractivity contribution < 1.29 is 14.3 Å². The zero-order valence-corrected chi connectivity index (χ0v) is 13.3. The van der Waals surface area contributed by atoms with E-state index in [4.69, 9.17) is 16.3 Å². The lowest BCUT2D eigenvalue weighted by atomic mass is 10.1. The SMILES string of the molecule is COC(=O)C1CCCN1C(=O)c1ccc(I)c(Cl)c1. The average molecular weight is 394 g/mol. The van der Waals surface area contributed by atoms with Gasteiger partial charge in [0.1, 0.15) is 6.04 Å². The second-order valence-electron chi connectivity index (χ2n) is 4.31. The fourth-order valence-corrected chi connectivity index (χ4v) is 2.70. The van der Waals surface area contributed by atoms with Crippen LogP contribution in [0.15, 0.2) is 18.2 Å². The third-order valence-electron chi connectivity index (χ3n) is 3.15. The van der Waals surface area contributed by atoms with Crippen molar-refractivity contribution in [2.24, 2.45) is 0 Å². The van der Waals surface area contributed by atoms with E-state index in [2.05, 4.69) is 22.6 Å². The Balaban J connectivity index is 2.23. The van der Waals surface area contributed by atoms with E-state index in [1.54, 1.807) is 23.1 Å². The Labute approximate surface area is 130 Å². The van der Waals surface area contributed by atoms with Gasteiger partial charge in [-0.1, -0.05) is 11.6 Å². The van der Waals surface area contributed by atoms with Crippen molar-refractivity contribution in [2.75, 3.05) is 13.7 Å². The zero-order valence-electron chi connectivity index (χ0n) is 10.4. The minimum atomic E-state index is -0.476. The molecule has 1 amide bonds. The van der Waals surface area contributed by atoms with Gasteiger partial charge in [0, 0.05) is 15.7 Å². The summed E-state index contributed by atoms with van der Waals surface area (Å²) in [5.41, 5.74) is 0.501. The van der Waals surface area contributed by atoms with Crippen LogP contribution in [0.3, 0.4) is 0 Å². The maximum Gasteiger partial charge on any atom is 0.328 e. The van der Waals surface area contributed by atoms with E-state index >= 15 is 0 Å². The number of carbonyl (C=O) groups is 2. The largest absolute Gasteiger partial charge is 0.467 e. The summed E-state index contributed by atoms with van der Waals surface area (Å²) in [5.74, 6) is -0.534. The Morgan fingerprint density at radius 2 is 2.21 bits per heavy atom. The molecule has 1 aromatic rings. The Bertz CT molecular complexity index is 521. The number of nitrogens with zero attached hydrogens (tertiary/aromatic N) is 1. The lowest BCUT2D eigenvalue weighted by Gasteiger charge is -2.22. The molecule has 1 aromatic carbocycles. The van der Waals surface area contributed by atoms with Crippen molar-refractivity contribution in [3.8, 4) is 0 Å². The Kier molecular flexibility index (Phi) is 4.67. The fourth-order valence-electron chi connectivity index (χ4n) is 2.19. The van der Waals surface area contributed by atoms with Crippen molar-refractivity contribution in [2.45, 2.75) is 18.9 Å². The molecule has 1 aliphatic rings. The summed E-state index contributed by atoms with van der Waals surface area (Å²) in [7, 11) is 1.34. The number of rotatable bonds is 2. The van der Waals surface area contributed by atoms with Crippen LogP contribution in [0.5, 0.6) is 0 Å². The van der Waals surface area contributed by atoms with Gasteiger partial charge < -0.3 is 9.64 Å². The molecule has 0 aliphatic carbocycles. The topological polar surface area (TPSA) is 46.6 Å². The highest BCUT2D eigenvalue weighted by atomic mass is 127. The molecule has 0 bridgehead atoms. The lowest BCUT2D eigenvalue weighted by Crippen LogP contribution is -2.41. The first-order chi connectivity index (χ1) is 9.04. The van der Waals surface area contributed by atoms with E-state index in [0.717, 1.165) is 9.99 Å². The number of methoxy groups -OCH3 is 1. The predicted molar refractivity (Wildman–Crippen MR) is 80.2 cm³/mol. The van der Waals surface area contributed by atoms with Crippen LogP contribution in [0.2, 0.25) is 5.02 Å². The number of amides is 1. The van der Waals surface area contributed by atoms with Gasteiger partial charge in [-0.05, 0) is 53.6 Å². The second-order valence-corrected chi connectivity index (χ2v) is 5.88. The molecule has 4 nitrogen and oxygen atoms in total. The monoisotopic (exact) mass is 393 g/mol. The first-order valence-corrected chi connectivity index (χ1v) is 7.34. The van der Waals surface area contributed by atoms with Gasteiger partial charge >= 0.3 is 5.97 Å². The van der Waals surface area contributed by atoms with Crippen LogP contribution < -0.4 is 0 Å². The molecule has 1 fully saturated rings. The molecule has 1 aliphatic heterocycles. The number of ether oxygens (including phenoxy) is 1. The minimum Gasteiger partial charge on any atom is -0.467 e. The second kappa shape index (κ2) is 6.09. The van der Waals surface area contributed by atoms with Gasteiger partial charge in [0.25, 0.3) is 5.91 Å². The van der Waals surface area contributed by atoms with Crippen LogP contribution >= 0.6 is 34.2 Å². The normalized spacial score (nSPS) is 18.5. The van der Waals surface area contributed by atoms with E-state index < -0.39 is 6.04 Å². The molecule has 102 valence electrons. The lowest BCUT2D eigenvalue weighted by molar-refractivity contribution is -0.145. The summed E-state index contributed by atoms with van der Waals surface area (Å²) < 4.78 is 5.62. The highest BCUT2D eigenvalue weighted by Crippen LogP contribution is 2.24. The van der Waals surface area contributed by atoms with Crippen LogP contribution in [-0.2, 0) is 9.53 Å². The Morgan fingerprint density at radius 3 is 2.84 bits per heavy atom. The number of hydrogen-bond acceptors (Lipinski definition) is 3. The van der Waals surface area contributed by atoms with E-state index in [1.165, 1.54) is 7.11 Å². The first kappa shape index (κ1) is 14.6. The smallest absolute Gasteiger partial charge is 0.328 e. The summed E-state index contributed by atoms with van der Waals surface area (Å²) in [5, 5.41) is 0.542. The van der Waals surface area contributed by atoms with Crippen LogP contribution in [0.1, 0.15) is 23.2 Å². The highest BCUT2D eigenvalue weighted by Gasteiger charge is 2.35. The van der Waals surface area contributed by atoms with Crippen molar-refractivity contribution in [3.63, 3.8) is 0 Å². The van der Waals surface area contributed by atoms with Gasteiger partial charge in [0.15, 0.2) is 0 Å². The van der Waals surface area contributed by atoms with E-state index in [9.17, 15) is 9.59 Å². The van der Waals surface area contributed by atoms with E-state index in [1.807, 2.05) is 0 Å². The van der Waals surface area contributed by atoms with Crippen LogP contribution in [0.4, 0.5) is 0 Å². The molecular weight excluding hydrogens is 381 g/mol. The number of benzene rings is 1. The first-order valence-electron chi connectivity index (χ1n) is 5.88. The zero-order chi connectivity index (χ0) is 14.0. The highest BCUT2D eigenvalue weighted by molar-refractivity contribution is 14.1. The molecule has 1 heterocycles. The van der Waals surface area contributed by atoms with Crippen LogP contribution in [-0.4, -0.2) is 36.5 Å². The van der Waals surface area contributed by atoms with Gasteiger partial charge in [-0.25, -0.2) is 4.79 Å². The maximum atomic E-state index is 12.4. The van der Waals surface area contributed by atoms with Crippen molar-refractivity contribution >= 4 is 46.1 Å². The Morgan fingerprint density at radius 1 is 1.47 bits per heavy atom. The molecule has 2 rings (SSSR count). The van der Waals surface area contributed by atoms with E-state index in [0.29, 0.717) is 23.6 Å². The number of likely N-dealkylation sites (tertiary alicyclic amines) is 1. The number of halogens is 2. The third-order valence-corrected chi connectivity index (χ3v) is 4.73. The van der Waals surface area contributed by atoms with Crippen LogP contribution in [0.25, 0.3) is 0 Å². The van der Waals surface area contributed by atoms with Crippen LogP contribution in [0, 0.1) is 3.57 Å². The number of hydrogen-bond donors (Lipinski definition) is 0. The summed E-state index contributed by atoms with van der Waals surface area (Å²) in [6, 6.07) is 4.68. The van der Waals surface area contributed by atoms with Gasteiger partial charge in [-0.3, -0.25) is 4.79 Å². The third kappa shape index (κ3) is 3.02. The molecule has 1 unspecified atom stereocenters. The summed E-state index contributed by atoms with van der Waals surface area (Å²) in [4.78, 5) is 25.6. The maximum absolute atomic E-state index is 12.4. The van der Waals surface area contributed by atoms with Crippen molar-refractivity contribution in [1.29, 1.82) is 0 Å². The molecule has 1 saturated heterocycles. The van der Waals surface area contributed by atoms with Gasteiger partial charge in [-0.15, -0.1) is 0 Å². The molecule has 6 heteroatoms. The quantitative estimate of drug-likeness (QED) is 0.573. The summed E-state index contributed by atoms with van der Waals surface area (Å²) in [6.07, 6.45) is 1.46. The molecular formula is C13H13ClINO3. The van der Waals surface area contributed by atoms with E-state index in [-0.39, 0.29) is 11.9 Å². The van der Waals surface area contributed by atoms with Gasteiger partial charge in [-0.2, -0.15) is 0 Å². The number of carbonyl (C=O) groups excluding carboxylic acids is 2. The Hall–Kier alpha value is -0.820. The molecule has 0 spiro atoms.